The molecule has 0 radical (unpaired) electrons. The summed E-state index contributed by atoms with van der Waals surface area (Å²) in [6.07, 6.45) is 5.82. The monoisotopic (exact) mass is 393 g/mol. The second kappa shape index (κ2) is 8.23. The summed E-state index contributed by atoms with van der Waals surface area (Å²) in [7, 11) is 1.63. The molecule has 2 aromatic rings. The molecule has 4 rings (SSSR count). The van der Waals surface area contributed by atoms with E-state index in [-0.39, 0.29) is 30.3 Å². The van der Waals surface area contributed by atoms with E-state index in [2.05, 4.69) is 4.98 Å². The number of likely N-dealkylation sites (tertiary alicyclic amines) is 1. The zero-order chi connectivity index (χ0) is 20.4. The highest BCUT2D eigenvalue weighted by molar-refractivity contribution is 5.91. The van der Waals surface area contributed by atoms with Gasteiger partial charge in [-0.25, -0.2) is 0 Å². The Hall–Kier alpha value is -2.89. The topological polar surface area (TPSA) is 62.7 Å². The number of carbonyl (C=O) groups is 2. The Morgan fingerprint density at radius 1 is 1.24 bits per heavy atom. The minimum atomic E-state index is -0.406. The van der Waals surface area contributed by atoms with Crippen LogP contribution in [0.4, 0.5) is 0 Å². The van der Waals surface area contributed by atoms with Gasteiger partial charge >= 0.3 is 0 Å². The van der Waals surface area contributed by atoms with Crippen LogP contribution in [0.3, 0.4) is 0 Å². The summed E-state index contributed by atoms with van der Waals surface area (Å²) in [4.78, 5) is 34.4. The fourth-order valence-electron chi connectivity index (χ4n) is 4.35. The summed E-state index contributed by atoms with van der Waals surface area (Å²) in [5.74, 6) is 0.389. The van der Waals surface area contributed by atoms with E-state index in [1.165, 1.54) is 0 Å². The SMILES string of the molecule is CCN1C(=O)C[C@@H](C(=O)N(Cc2cccnc2)C2CC2)[C@@H]1c1ccccc1OC. The van der Waals surface area contributed by atoms with Crippen LogP contribution < -0.4 is 4.74 Å². The minimum absolute atomic E-state index is 0.0267. The molecule has 2 amide bonds. The highest BCUT2D eigenvalue weighted by Crippen LogP contribution is 2.43. The maximum Gasteiger partial charge on any atom is 0.229 e. The minimum Gasteiger partial charge on any atom is -0.496 e. The number of benzene rings is 1. The van der Waals surface area contributed by atoms with Crippen molar-refractivity contribution in [2.45, 2.75) is 44.8 Å². The third-order valence-corrected chi connectivity index (χ3v) is 5.89. The van der Waals surface area contributed by atoms with Gasteiger partial charge in [0.25, 0.3) is 0 Å². The fourth-order valence-corrected chi connectivity index (χ4v) is 4.35. The van der Waals surface area contributed by atoms with Gasteiger partial charge in [0.1, 0.15) is 5.75 Å². The lowest BCUT2D eigenvalue weighted by atomic mass is 9.91. The molecule has 1 aliphatic carbocycles. The van der Waals surface area contributed by atoms with Crippen LogP contribution in [0.1, 0.15) is 43.4 Å². The largest absolute Gasteiger partial charge is 0.496 e. The van der Waals surface area contributed by atoms with E-state index in [4.69, 9.17) is 4.74 Å². The number of para-hydroxylation sites is 1. The van der Waals surface area contributed by atoms with Crippen LogP contribution in [0.25, 0.3) is 0 Å². The van der Waals surface area contributed by atoms with E-state index in [9.17, 15) is 9.59 Å². The quantitative estimate of drug-likeness (QED) is 0.725. The van der Waals surface area contributed by atoms with Gasteiger partial charge in [0.2, 0.25) is 11.8 Å². The van der Waals surface area contributed by atoms with Crippen molar-refractivity contribution in [2.75, 3.05) is 13.7 Å². The van der Waals surface area contributed by atoms with Gasteiger partial charge in [0.15, 0.2) is 0 Å². The summed E-state index contributed by atoms with van der Waals surface area (Å²) in [6.45, 7) is 3.06. The Labute approximate surface area is 171 Å². The van der Waals surface area contributed by atoms with Gasteiger partial charge in [0, 0.05) is 43.5 Å². The molecule has 6 nitrogen and oxygen atoms in total. The predicted molar refractivity (Wildman–Crippen MR) is 109 cm³/mol. The van der Waals surface area contributed by atoms with Crippen LogP contribution in [0.2, 0.25) is 0 Å². The van der Waals surface area contributed by atoms with E-state index in [1.54, 1.807) is 19.5 Å². The number of pyridine rings is 1. The van der Waals surface area contributed by atoms with Crippen LogP contribution in [0.15, 0.2) is 48.8 Å². The number of carbonyl (C=O) groups excluding carboxylic acids is 2. The van der Waals surface area contributed by atoms with Crippen LogP contribution >= 0.6 is 0 Å². The van der Waals surface area contributed by atoms with Gasteiger partial charge in [-0.05, 0) is 37.5 Å². The van der Waals surface area contributed by atoms with Crippen molar-refractivity contribution in [1.29, 1.82) is 0 Å². The number of ether oxygens (including phenoxy) is 1. The fraction of sp³-hybridized carbons (Fsp3) is 0.435. The first-order valence-corrected chi connectivity index (χ1v) is 10.3. The Bertz CT molecular complexity index is 882. The molecule has 0 unspecified atom stereocenters. The van der Waals surface area contributed by atoms with Crippen LogP contribution in [0, 0.1) is 5.92 Å². The van der Waals surface area contributed by atoms with Crippen LogP contribution in [-0.2, 0) is 16.1 Å². The van der Waals surface area contributed by atoms with Gasteiger partial charge in [-0.3, -0.25) is 14.6 Å². The number of methoxy groups -OCH3 is 1. The molecule has 2 atom stereocenters. The Morgan fingerprint density at radius 3 is 2.69 bits per heavy atom. The smallest absolute Gasteiger partial charge is 0.229 e. The third-order valence-electron chi connectivity index (χ3n) is 5.89. The highest BCUT2D eigenvalue weighted by atomic mass is 16.5. The van der Waals surface area contributed by atoms with E-state index in [1.807, 2.05) is 53.1 Å². The van der Waals surface area contributed by atoms with E-state index in [0.29, 0.717) is 18.8 Å². The standard InChI is InChI=1S/C23H27N3O3/c1-3-25-21(27)13-19(22(25)18-8-4-5-9-20(18)29-2)23(28)26(17-10-11-17)15-16-7-6-12-24-14-16/h4-9,12,14,17,19,22H,3,10-11,13,15H2,1-2H3/t19-,22+/m1/s1. The zero-order valence-corrected chi connectivity index (χ0v) is 17.0. The molecular weight excluding hydrogens is 366 g/mol. The third kappa shape index (κ3) is 3.84. The van der Waals surface area contributed by atoms with Crippen molar-refractivity contribution in [2.24, 2.45) is 5.92 Å². The van der Waals surface area contributed by atoms with Gasteiger partial charge in [-0.2, -0.15) is 0 Å². The van der Waals surface area contributed by atoms with Crippen LogP contribution in [0.5, 0.6) is 5.75 Å². The molecule has 0 spiro atoms. The van der Waals surface area contributed by atoms with Crippen molar-refractivity contribution in [3.63, 3.8) is 0 Å². The molecule has 0 bridgehead atoms. The first kappa shape index (κ1) is 19.4. The molecule has 29 heavy (non-hydrogen) atoms. The normalized spacial score (nSPS) is 21.3. The van der Waals surface area contributed by atoms with Crippen LogP contribution in [-0.4, -0.2) is 46.3 Å². The summed E-state index contributed by atoms with van der Waals surface area (Å²) < 4.78 is 5.56. The predicted octanol–water partition coefficient (Wildman–Crippen LogP) is 3.19. The number of amides is 2. The lowest BCUT2D eigenvalue weighted by Gasteiger charge is -2.32. The van der Waals surface area contributed by atoms with E-state index < -0.39 is 5.92 Å². The molecule has 1 saturated carbocycles. The van der Waals surface area contributed by atoms with Crippen molar-refractivity contribution in [1.82, 2.24) is 14.8 Å². The number of nitrogens with zero attached hydrogens (tertiary/aromatic N) is 3. The number of hydrogen-bond donors (Lipinski definition) is 0. The molecule has 1 aromatic heterocycles. The molecule has 0 N–H and O–H groups in total. The number of rotatable bonds is 7. The lowest BCUT2D eigenvalue weighted by Crippen LogP contribution is -2.40. The Balaban J connectivity index is 1.66. The van der Waals surface area contributed by atoms with E-state index in [0.717, 1.165) is 24.0 Å². The second-order valence-corrected chi connectivity index (χ2v) is 7.74. The van der Waals surface area contributed by atoms with Gasteiger partial charge in [0.05, 0.1) is 19.1 Å². The average Bonchev–Trinajstić information content (AvgIpc) is 3.54. The number of aromatic nitrogens is 1. The van der Waals surface area contributed by atoms with Crippen molar-refractivity contribution < 1.29 is 14.3 Å². The second-order valence-electron chi connectivity index (χ2n) is 7.74. The summed E-state index contributed by atoms with van der Waals surface area (Å²) >= 11 is 0. The van der Waals surface area contributed by atoms with Gasteiger partial charge < -0.3 is 14.5 Å². The summed E-state index contributed by atoms with van der Waals surface area (Å²) in [5.41, 5.74) is 1.91. The van der Waals surface area contributed by atoms with Gasteiger partial charge in [-0.15, -0.1) is 0 Å². The summed E-state index contributed by atoms with van der Waals surface area (Å²) in [6, 6.07) is 11.5. The molecule has 1 saturated heterocycles. The first-order valence-electron chi connectivity index (χ1n) is 10.3. The summed E-state index contributed by atoms with van der Waals surface area (Å²) in [5, 5.41) is 0. The maximum atomic E-state index is 13.7. The molecule has 6 heteroatoms. The zero-order valence-electron chi connectivity index (χ0n) is 17.0. The maximum absolute atomic E-state index is 13.7. The van der Waals surface area contributed by atoms with Gasteiger partial charge in [-0.1, -0.05) is 24.3 Å². The molecular formula is C23H27N3O3. The highest BCUT2D eigenvalue weighted by Gasteiger charge is 2.48. The Morgan fingerprint density at radius 2 is 2.03 bits per heavy atom. The van der Waals surface area contributed by atoms with E-state index >= 15 is 0 Å². The van der Waals surface area contributed by atoms with Crippen molar-refractivity contribution in [3.05, 3.63) is 59.9 Å². The lowest BCUT2D eigenvalue weighted by molar-refractivity contribution is -0.137. The molecule has 2 fully saturated rings. The number of hydrogen-bond acceptors (Lipinski definition) is 4. The molecule has 1 aliphatic heterocycles. The molecule has 152 valence electrons. The van der Waals surface area contributed by atoms with Crippen molar-refractivity contribution >= 4 is 11.8 Å². The Kier molecular flexibility index (Phi) is 5.51. The molecule has 2 aliphatic rings. The van der Waals surface area contributed by atoms with Crippen molar-refractivity contribution in [3.8, 4) is 5.75 Å². The average molecular weight is 393 g/mol. The molecule has 1 aromatic carbocycles. The molecule has 2 heterocycles. The first-order chi connectivity index (χ1) is 14.1.